The number of carbonyl (C=O) groups excluding carboxylic acids is 1. The lowest BCUT2D eigenvalue weighted by Gasteiger charge is -2.36. The van der Waals surface area contributed by atoms with Gasteiger partial charge in [0.1, 0.15) is 0 Å². The average Bonchev–Trinajstić information content (AvgIpc) is 2.03. The molecule has 0 aromatic carbocycles. The van der Waals surface area contributed by atoms with Crippen LogP contribution >= 0.6 is 0 Å². The molecule has 76 valence electrons. The van der Waals surface area contributed by atoms with Gasteiger partial charge in [0.2, 0.25) is 5.91 Å². The number of likely N-dealkylation sites (tertiary alicyclic amines) is 1. The highest BCUT2D eigenvalue weighted by Crippen LogP contribution is 2.18. The minimum absolute atomic E-state index is 0.352. The molecule has 1 rings (SSSR count). The van der Waals surface area contributed by atoms with Crippen LogP contribution in [0.25, 0.3) is 0 Å². The average molecular weight is 186 g/mol. The summed E-state index contributed by atoms with van der Waals surface area (Å²) in [7, 11) is 0. The van der Waals surface area contributed by atoms with Crippen LogP contribution in [-0.2, 0) is 4.79 Å². The molecule has 4 heteroatoms. The Hall–Kier alpha value is -0.610. The number of rotatable bonds is 2. The van der Waals surface area contributed by atoms with E-state index in [0.717, 1.165) is 6.54 Å². The van der Waals surface area contributed by atoms with Gasteiger partial charge in [0.05, 0.1) is 12.0 Å². The Morgan fingerprint density at radius 2 is 2.23 bits per heavy atom. The van der Waals surface area contributed by atoms with E-state index in [9.17, 15) is 9.90 Å². The van der Waals surface area contributed by atoms with E-state index in [1.165, 1.54) is 0 Å². The highest BCUT2D eigenvalue weighted by molar-refractivity contribution is 5.77. The molecule has 0 aliphatic carbocycles. The molecule has 1 unspecified atom stereocenters. The maximum Gasteiger partial charge on any atom is 0.223 e. The fourth-order valence-corrected chi connectivity index (χ4v) is 1.76. The largest absolute Gasteiger partial charge is 0.391 e. The Balaban J connectivity index is 2.51. The van der Waals surface area contributed by atoms with Crippen LogP contribution in [0.1, 0.15) is 20.3 Å². The Labute approximate surface area is 78.7 Å². The summed E-state index contributed by atoms with van der Waals surface area (Å²) in [5.41, 5.74) is 5.16. The van der Waals surface area contributed by atoms with Crippen LogP contribution in [0.4, 0.5) is 0 Å². The summed E-state index contributed by atoms with van der Waals surface area (Å²) < 4.78 is 0. The quantitative estimate of drug-likeness (QED) is 0.614. The first kappa shape index (κ1) is 10.5. The van der Waals surface area contributed by atoms with Crippen molar-refractivity contribution in [3.63, 3.8) is 0 Å². The van der Waals surface area contributed by atoms with E-state index in [-0.39, 0.29) is 11.8 Å². The minimum atomic E-state index is -0.589. The molecule has 0 spiro atoms. The number of piperidine rings is 1. The summed E-state index contributed by atoms with van der Waals surface area (Å²) in [4.78, 5) is 13.0. The van der Waals surface area contributed by atoms with E-state index >= 15 is 0 Å². The van der Waals surface area contributed by atoms with Crippen molar-refractivity contribution in [3.05, 3.63) is 0 Å². The van der Waals surface area contributed by atoms with Gasteiger partial charge >= 0.3 is 0 Å². The second kappa shape index (κ2) is 4.07. The van der Waals surface area contributed by atoms with Gasteiger partial charge in [0.15, 0.2) is 0 Å². The highest BCUT2D eigenvalue weighted by atomic mass is 16.3. The van der Waals surface area contributed by atoms with Crippen molar-refractivity contribution in [2.75, 3.05) is 13.1 Å². The third-order valence-corrected chi connectivity index (χ3v) is 2.71. The molecule has 0 saturated carbocycles. The molecule has 1 saturated heterocycles. The molecule has 0 aromatic heterocycles. The first-order valence-corrected chi connectivity index (χ1v) is 4.73. The normalized spacial score (nSPS) is 30.8. The highest BCUT2D eigenvalue weighted by Gasteiger charge is 2.31. The second-order valence-electron chi connectivity index (χ2n) is 3.95. The summed E-state index contributed by atoms with van der Waals surface area (Å²) in [6.07, 6.45) is 0.0861. The molecule has 1 aliphatic rings. The first-order valence-electron chi connectivity index (χ1n) is 4.73. The van der Waals surface area contributed by atoms with Crippen molar-refractivity contribution in [1.29, 1.82) is 0 Å². The van der Waals surface area contributed by atoms with E-state index in [4.69, 9.17) is 5.73 Å². The van der Waals surface area contributed by atoms with Gasteiger partial charge in [-0.2, -0.15) is 0 Å². The van der Waals surface area contributed by atoms with Crippen LogP contribution in [0, 0.1) is 5.92 Å². The monoisotopic (exact) mass is 186 g/mol. The van der Waals surface area contributed by atoms with Gasteiger partial charge in [-0.05, 0) is 26.8 Å². The van der Waals surface area contributed by atoms with Gasteiger partial charge in [0.25, 0.3) is 0 Å². The molecule has 0 bridgehead atoms. The van der Waals surface area contributed by atoms with Crippen molar-refractivity contribution < 1.29 is 9.90 Å². The van der Waals surface area contributed by atoms with Crippen LogP contribution in [0.15, 0.2) is 0 Å². The van der Waals surface area contributed by atoms with Crippen molar-refractivity contribution in [3.8, 4) is 0 Å². The minimum Gasteiger partial charge on any atom is -0.391 e. The molecule has 1 fully saturated rings. The van der Waals surface area contributed by atoms with Gasteiger partial charge in [-0.15, -0.1) is 0 Å². The van der Waals surface area contributed by atoms with Gasteiger partial charge < -0.3 is 10.8 Å². The van der Waals surface area contributed by atoms with Gasteiger partial charge in [-0.1, -0.05) is 0 Å². The summed E-state index contributed by atoms with van der Waals surface area (Å²) in [6, 6.07) is 0.420. The molecular formula is C9H18N2O2. The molecule has 1 amide bonds. The standard InChI is InChI=1S/C9H18N2O2/c1-6(2)11-4-3-7(9(10)13)8(12)5-11/h6-8,12H,3-5H2,1-2H3,(H2,10,13)/t7?,8-/m0/s1. The van der Waals surface area contributed by atoms with Crippen LogP contribution in [0.5, 0.6) is 0 Å². The molecule has 0 radical (unpaired) electrons. The summed E-state index contributed by atoms with van der Waals surface area (Å²) in [6.45, 7) is 5.57. The zero-order chi connectivity index (χ0) is 10.0. The fraction of sp³-hybridized carbons (Fsp3) is 0.889. The number of hydrogen-bond acceptors (Lipinski definition) is 3. The third-order valence-electron chi connectivity index (χ3n) is 2.71. The Morgan fingerprint density at radius 1 is 1.62 bits per heavy atom. The number of carbonyl (C=O) groups is 1. The van der Waals surface area contributed by atoms with E-state index < -0.39 is 6.10 Å². The molecule has 1 aliphatic heterocycles. The Morgan fingerprint density at radius 3 is 2.62 bits per heavy atom. The van der Waals surface area contributed by atoms with Crippen molar-refractivity contribution in [1.82, 2.24) is 4.90 Å². The fourth-order valence-electron chi connectivity index (χ4n) is 1.76. The predicted octanol–water partition coefficient (Wildman–Crippen LogP) is -0.437. The SMILES string of the molecule is CC(C)N1CCC(C(N)=O)[C@@H](O)C1. The maximum absolute atomic E-state index is 10.9. The molecule has 2 atom stereocenters. The van der Waals surface area contributed by atoms with Crippen LogP contribution in [-0.4, -0.2) is 41.1 Å². The summed E-state index contributed by atoms with van der Waals surface area (Å²) in [5.74, 6) is -0.731. The topological polar surface area (TPSA) is 66.6 Å². The zero-order valence-electron chi connectivity index (χ0n) is 8.23. The number of amides is 1. The van der Waals surface area contributed by atoms with E-state index in [1.807, 2.05) is 0 Å². The van der Waals surface area contributed by atoms with E-state index in [2.05, 4.69) is 18.7 Å². The van der Waals surface area contributed by atoms with E-state index in [1.54, 1.807) is 0 Å². The summed E-state index contributed by atoms with van der Waals surface area (Å²) in [5, 5.41) is 9.62. The van der Waals surface area contributed by atoms with Crippen molar-refractivity contribution in [2.45, 2.75) is 32.4 Å². The zero-order valence-corrected chi connectivity index (χ0v) is 8.23. The number of aliphatic hydroxyl groups excluding tert-OH is 1. The van der Waals surface area contributed by atoms with E-state index in [0.29, 0.717) is 19.0 Å². The molecular weight excluding hydrogens is 168 g/mol. The molecule has 3 N–H and O–H groups in total. The maximum atomic E-state index is 10.9. The Bertz CT molecular complexity index is 194. The van der Waals surface area contributed by atoms with Gasteiger partial charge in [-0.3, -0.25) is 9.69 Å². The predicted molar refractivity (Wildman–Crippen MR) is 50.0 cm³/mol. The molecule has 1 heterocycles. The number of β-amino-alcohol motifs (C(OH)–C–C–N with tert-alkyl or cyclic N) is 1. The molecule has 0 aromatic rings. The number of aliphatic hydroxyl groups is 1. The lowest BCUT2D eigenvalue weighted by atomic mass is 9.92. The smallest absolute Gasteiger partial charge is 0.223 e. The Kier molecular flexibility index (Phi) is 3.27. The first-order chi connectivity index (χ1) is 6.02. The number of nitrogens with zero attached hydrogens (tertiary/aromatic N) is 1. The van der Waals surface area contributed by atoms with Gasteiger partial charge in [-0.25, -0.2) is 0 Å². The lowest BCUT2D eigenvalue weighted by Crippen LogP contribution is -2.50. The van der Waals surface area contributed by atoms with Gasteiger partial charge in [0, 0.05) is 12.6 Å². The van der Waals surface area contributed by atoms with Crippen molar-refractivity contribution >= 4 is 5.91 Å². The van der Waals surface area contributed by atoms with Crippen LogP contribution in [0.2, 0.25) is 0 Å². The van der Waals surface area contributed by atoms with Crippen LogP contribution in [0.3, 0.4) is 0 Å². The second-order valence-corrected chi connectivity index (χ2v) is 3.95. The number of primary amides is 1. The summed E-state index contributed by atoms with van der Waals surface area (Å²) >= 11 is 0. The molecule has 13 heavy (non-hydrogen) atoms. The molecule has 4 nitrogen and oxygen atoms in total. The lowest BCUT2D eigenvalue weighted by molar-refractivity contribution is -0.128. The number of nitrogens with two attached hydrogens (primary N) is 1. The van der Waals surface area contributed by atoms with Crippen molar-refractivity contribution in [2.24, 2.45) is 11.7 Å². The van der Waals surface area contributed by atoms with Crippen LogP contribution < -0.4 is 5.73 Å². The number of hydrogen-bond donors (Lipinski definition) is 2. The third kappa shape index (κ3) is 2.42.